The summed E-state index contributed by atoms with van der Waals surface area (Å²) in [5.41, 5.74) is 10.2. The number of carbonyl (C=O) groups excluding carboxylic acids is 1. The summed E-state index contributed by atoms with van der Waals surface area (Å²) in [5.74, 6) is 1.84. The number of imidazole rings is 1. The highest BCUT2D eigenvalue weighted by Gasteiger charge is 2.33. The number of carbonyl (C=O) groups is 1. The van der Waals surface area contributed by atoms with Crippen molar-refractivity contribution in [3.8, 4) is 0 Å². The van der Waals surface area contributed by atoms with Crippen LogP contribution < -0.4 is 5.73 Å². The maximum Gasteiger partial charge on any atom is 0.248 e. The lowest BCUT2D eigenvalue weighted by Gasteiger charge is -2.35. The first kappa shape index (κ1) is 22.2. The third-order valence-electron chi connectivity index (χ3n) is 8.50. The topological polar surface area (TPSA) is 73.8 Å². The minimum atomic E-state index is -0.398. The van der Waals surface area contributed by atoms with Crippen molar-refractivity contribution in [3.05, 3.63) is 71.4 Å². The Balaban J connectivity index is 1.27. The highest BCUT2D eigenvalue weighted by molar-refractivity contribution is 5.96. The highest BCUT2D eigenvalue weighted by atomic mass is 19.1. The summed E-state index contributed by atoms with van der Waals surface area (Å²) < 4.78 is 16.4. The van der Waals surface area contributed by atoms with Crippen LogP contribution in [-0.2, 0) is 0 Å². The number of nitrogens with zero attached hydrogens (tertiary/aromatic N) is 3. The zero-order chi connectivity index (χ0) is 24.1. The maximum atomic E-state index is 14.0. The van der Waals surface area contributed by atoms with Crippen LogP contribution >= 0.6 is 0 Å². The van der Waals surface area contributed by atoms with Crippen LogP contribution in [0.3, 0.4) is 0 Å². The maximum absolute atomic E-state index is 14.0. The first-order valence-corrected chi connectivity index (χ1v) is 12.9. The predicted molar refractivity (Wildman–Crippen MR) is 136 cm³/mol. The lowest BCUT2D eigenvalue weighted by atomic mass is 9.73. The number of aromatic nitrogens is 3. The molecule has 2 heterocycles. The van der Waals surface area contributed by atoms with Crippen molar-refractivity contribution in [3.63, 3.8) is 0 Å². The molecule has 2 aromatic carbocycles. The molecule has 2 saturated carbocycles. The number of primary amides is 1. The Kier molecular flexibility index (Phi) is 5.54. The predicted octanol–water partition coefficient (Wildman–Crippen LogP) is 6.63. The van der Waals surface area contributed by atoms with E-state index < -0.39 is 5.91 Å². The Bertz CT molecular complexity index is 1420. The molecule has 2 fully saturated rings. The van der Waals surface area contributed by atoms with E-state index in [0.717, 1.165) is 66.3 Å². The van der Waals surface area contributed by atoms with Gasteiger partial charge in [-0.2, -0.15) is 0 Å². The summed E-state index contributed by atoms with van der Waals surface area (Å²) in [4.78, 5) is 21.3. The Hall–Kier alpha value is -3.28. The van der Waals surface area contributed by atoms with Gasteiger partial charge in [-0.05, 0) is 105 Å². The first-order valence-electron chi connectivity index (χ1n) is 12.9. The van der Waals surface area contributed by atoms with Crippen LogP contribution in [0, 0.1) is 11.7 Å². The van der Waals surface area contributed by atoms with E-state index in [9.17, 15) is 9.18 Å². The van der Waals surface area contributed by atoms with Crippen LogP contribution in [0.4, 0.5) is 4.39 Å². The lowest BCUT2D eigenvalue weighted by molar-refractivity contribution is 0.100. The number of amides is 1. The zero-order valence-corrected chi connectivity index (χ0v) is 20.1. The molecular weight excluding hydrogens is 439 g/mol. The first-order chi connectivity index (χ1) is 17.0. The Morgan fingerprint density at radius 2 is 1.80 bits per heavy atom. The van der Waals surface area contributed by atoms with Gasteiger partial charge in [-0.3, -0.25) is 9.78 Å². The van der Waals surface area contributed by atoms with Gasteiger partial charge in [-0.1, -0.05) is 6.92 Å². The van der Waals surface area contributed by atoms with Crippen molar-refractivity contribution >= 4 is 27.8 Å². The molecule has 2 aliphatic carbocycles. The average molecular weight is 471 g/mol. The number of benzene rings is 2. The van der Waals surface area contributed by atoms with Crippen molar-refractivity contribution in [2.24, 2.45) is 11.7 Å². The molecule has 2 N–H and O–H groups in total. The quantitative estimate of drug-likeness (QED) is 0.356. The van der Waals surface area contributed by atoms with E-state index in [4.69, 9.17) is 10.7 Å². The van der Waals surface area contributed by atoms with Gasteiger partial charge in [0.2, 0.25) is 5.91 Å². The molecule has 180 valence electrons. The van der Waals surface area contributed by atoms with Gasteiger partial charge in [-0.15, -0.1) is 0 Å². The van der Waals surface area contributed by atoms with E-state index >= 15 is 0 Å². The molecule has 0 radical (unpaired) electrons. The Labute approximate surface area is 204 Å². The third kappa shape index (κ3) is 3.89. The van der Waals surface area contributed by atoms with Gasteiger partial charge in [0.05, 0.1) is 16.6 Å². The summed E-state index contributed by atoms with van der Waals surface area (Å²) in [5, 5.41) is 0.945. The fourth-order valence-electron chi connectivity index (χ4n) is 6.25. The molecule has 1 atom stereocenters. The van der Waals surface area contributed by atoms with Crippen molar-refractivity contribution in [1.82, 2.24) is 14.5 Å². The van der Waals surface area contributed by atoms with Gasteiger partial charge in [0, 0.05) is 29.1 Å². The zero-order valence-electron chi connectivity index (χ0n) is 20.1. The van der Waals surface area contributed by atoms with Gasteiger partial charge in [-0.25, -0.2) is 9.37 Å². The standard InChI is InChI=1S/C29H31FN4O/c1-17(29-33-26-11-9-20(28(31)35)15-27(26)34(29)22-3-2-4-22)18-5-7-19(8-6-18)23-13-14-32-25-12-10-21(30)16-24(23)25/h9-19,22H,2-8H2,1H3,(H2,31,35). The van der Waals surface area contributed by atoms with Gasteiger partial charge in [0.25, 0.3) is 0 Å². The van der Waals surface area contributed by atoms with Crippen molar-refractivity contribution < 1.29 is 9.18 Å². The van der Waals surface area contributed by atoms with Crippen molar-refractivity contribution in [2.45, 2.75) is 69.7 Å². The average Bonchev–Trinajstić information content (AvgIpc) is 3.20. The molecule has 1 amide bonds. The number of pyridine rings is 1. The van der Waals surface area contributed by atoms with Crippen molar-refractivity contribution in [2.75, 3.05) is 0 Å². The Morgan fingerprint density at radius 1 is 1.03 bits per heavy atom. The Morgan fingerprint density at radius 3 is 2.51 bits per heavy atom. The van der Waals surface area contributed by atoms with Crippen molar-refractivity contribution in [1.29, 1.82) is 0 Å². The molecule has 0 bridgehead atoms. The van der Waals surface area contributed by atoms with Crippen LogP contribution in [0.1, 0.15) is 91.5 Å². The van der Waals surface area contributed by atoms with Crippen LogP contribution in [0.2, 0.25) is 0 Å². The van der Waals surface area contributed by atoms with Crippen LogP contribution in [0.25, 0.3) is 21.9 Å². The molecule has 0 spiro atoms. The number of nitrogens with two attached hydrogens (primary N) is 1. The van der Waals surface area contributed by atoms with E-state index in [1.54, 1.807) is 18.2 Å². The largest absolute Gasteiger partial charge is 0.366 e. The van der Waals surface area contributed by atoms with Crippen LogP contribution in [0.5, 0.6) is 0 Å². The molecule has 6 heteroatoms. The summed E-state index contributed by atoms with van der Waals surface area (Å²) >= 11 is 0. The summed E-state index contributed by atoms with van der Waals surface area (Å²) in [7, 11) is 0. The molecule has 5 nitrogen and oxygen atoms in total. The van der Waals surface area contributed by atoms with E-state index in [2.05, 4.69) is 22.5 Å². The van der Waals surface area contributed by atoms with E-state index in [0.29, 0.717) is 29.4 Å². The number of hydrogen-bond donors (Lipinski definition) is 1. The molecule has 6 rings (SSSR count). The molecule has 35 heavy (non-hydrogen) atoms. The second kappa shape index (κ2) is 8.74. The molecule has 0 saturated heterocycles. The van der Waals surface area contributed by atoms with E-state index in [-0.39, 0.29) is 5.82 Å². The number of fused-ring (bicyclic) bond motifs is 2. The number of hydrogen-bond acceptors (Lipinski definition) is 3. The molecule has 0 aliphatic heterocycles. The minimum Gasteiger partial charge on any atom is -0.366 e. The molecule has 2 aliphatic rings. The number of rotatable bonds is 5. The van der Waals surface area contributed by atoms with E-state index in [1.165, 1.54) is 18.1 Å². The fraction of sp³-hybridized carbons (Fsp3) is 0.414. The second-order valence-electron chi connectivity index (χ2n) is 10.5. The molecule has 4 aromatic rings. The number of halogens is 1. The smallest absolute Gasteiger partial charge is 0.248 e. The molecule has 1 unspecified atom stereocenters. The SMILES string of the molecule is CC(c1nc2ccc(C(N)=O)cc2n1C1CCC1)C1CCC(c2ccnc3ccc(F)cc23)CC1. The normalized spacial score (nSPS) is 21.8. The van der Waals surface area contributed by atoms with Gasteiger partial charge < -0.3 is 10.3 Å². The molecule has 2 aromatic heterocycles. The summed E-state index contributed by atoms with van der Waals surface area (Å²) in [6.07, 6.45) is 9.80. The highest BCUT2D eigenvalue weighted by Crippen LogP contribution is 2.45. The van der Waals surface area contributed by atoms with E-state index in [1.807, 2.05) is 18.3 Å². The van der Waals surface area contributed by atoms with Gasteiger partial charge in [0.1, 0.15) is 11.6 Å². The fourth-order valence-corrected chi connectivity index (χ4v) is 6.25. The summed E-state index contributed by atoms with van der Waals surface area (Å²) in [6.45, 7) is 2.31. The van der Waals surface area contributed by atoms with Gasteiger partial charge in [0.15, 0.2) is 0 Å². The lowest BCUT2D eigenvalue weighted by Crippen LogP contribution is -2.24. The van der Waals surface area contributed by atoms with Gasteiger partial charge >= 0.3 is 0 Å². The molecular formula is C29H31FN4O. The third-order valence-corrected chi connectivity index (χ3v) is 8.50. The minimum absolute atomic E-state index is 0.205. The van der Waals surface area contributed by atoms with Crippen LogP contribution in [-0.4, -0.2) is 20.4 Å². The van der Waals surface area contributed by atoms with Crippen LogP contribution in [0.15, 0.2) is 48.7 Å². The monoisotopic (exact) mass is 470 g/mol. The second-order valence-corrected chi connectivity index (χ2v) is 10.5. The summed E-state index contributed by atoms with van der Waals surface area (Å²) in [6, 6.07) is 13.1.